The maximum Gasteiger partial charge on any atom is 0.0973 e. The van der Waals surface area contributed by atoms with Crippen molar-refractivity contribution in [3.63, 3.8) is 0 Å². The van der Waals surface area contributed by atoms with E-state index < -0.39 is 0 Å². The van der Waals surface area contributed by atoms with E-state index in [9.17, 15) is 0 Å². The van der Waals surface area contributed by atoms with E-state index in [1.807, 2.05) is 4.90 Å². The van der Waals surface area contributed by atoms with Crippen molar-refractivity contribution in [1.29, 1.82) is 0 Å². The van der Waals surface area contributed by atoms with Crippen molar-refractivity contribution in [3.05, 3.63) is 36.0 Å². The highest BCUT2D eigenvalue weighted by molar-refractivity contribution is 5.82. The van der Waals surface area contributed by atoms with Gasteiger partial charge in [-0.1, -0.05) is 18.2 Å². The van der Waals surface area contributed by atoms with Crippen molar-refractivity contribution < 1.29 is 10.2 Å². The Morgan fingerprint density at radius 3 is 2.76 bits per heavy atom. The summed E-state index contributed by atoms with van der Waals surface area (Å²) in [4.78, 5) is 5.21. The summed E-state index contributed by atoms with van der Waals surface area (Å²) in [6.07, 6.45) is 9.15. The molecule has 4 rings (SSSR count). The third kappa shape index (κ3) is 2.49. The molecule has 0 spiro atoms. The van der Waals surface area contributed by atoms with Gasteiger partial charge in [-0.25, -0.2) is 0 Å². The van der Waals surface area contributed by atoms with Crippen LogP contribution in [0.15, 0.2) is 30.5 Å². The fraction of sp³-hybridized carbons (Fsp3) is 0.556. The number of H-pyrrole nitrogens is 1. The minimum Gasteiger partial charge on any atom is -0.361 e. The highest BCUT2D eigenvalue weighted by Gasteiger charge is 2.43. The molecule has 112 valence electrons. The predicted octanol–water partition coefficient (Wildman–Crippen LogP) is 0.482. The molecule has 2 atom stereocenters. The van der Waals surface area contributed by atoms with Crippen LogP contribution in [-0.4, -0.2) is 36.7 Å². The molecule has 3 nitrogen and oxygen atoms in total. The maximum absolute atomic E-state index is 3.39. The molecule has 2 aliphatic rings. The van der Waals surface area contributed by atoms with Gasteiger partial charge in [0.05, 0.1) is 44.6 Å². The Kier molecular flexibility index (Phi) is 3.48. The number of benzene rings is 1. The highest BCUT2D eigenvalue weighted by Crippen LogP contribution is 2.21. The summed E-state index contributed by atoms with van der Waals surface area (Å²) in [5, 5.41) is 4.03. The summed E-state index contributed by atoms with van der Waals surface area (Å²) in [5.74, 6) is 0. The molecule has 4 N–H and O–H groups in total. The lowest BCUT2D eigenvalue weighted by atomic mass is 9.98. The molecule has 3 heterocycles. The van der Waals surface area contributed by atoms with Crippen LogP contribution in [0.3, 0.4) is 0 Å². The van der Waals surface area contributed by atoms with E-state index in [2.05, 4.69) is 47.8 Å². The Balaban J connectivity index is 1.34. The average molecular weight is 285 g/mol. The quantitative estimate of drug-likeness (QED) is 0.731. The van der Waals surface area contributed by atoms with Gasteiger partial charge in [-0.3, -0.25) is 0 Å². The average Bonchev–Trinajstić information content (AvgIpc) is 2.97. The Hall–Kier alpha value is -1.32. The summed E-state index contributed by atoms with van der Waals surface area (Å²) < 4.78 is 0. The van der Waals surface area contributed by atoms with Crippen molar-refractivity contribution in [2.75, 3.05) is 13.6 Å². The lowest BCUT2D eigenvalue weighted by Crippen LogP contribution is -3.17. The van der Waals surface area contributed by atoms with Gasteiger partial charge in [0.1, 0.15) is 0 Å². The standard InChI is InChI=1S/C18H25N3/c1-21-15-6-7-16(21)11-14(10-15)19-9-8-13-12-20-18-5-3-2-4-17(13)18/h2-5,12,14-16,19-20H,6-11H2,1H3/p+2. The summed E-state index contributed by atoms with van der Waals surface area (Å²) in [7, 11) is 2.41. The van der Waals surface area contributed by atoms with Gasteiger partial charge in [0, 0.05) is 36.4 Å². The van der Waals surface area contributed by atoms with E-state index in [0.717, 1.165) is 18.1 Å². The smallest absolute Gasteiger partial charge is 0.0973 e. The van der Waals surface area contributed by atoms with Crippen molar-refractivity contribution >= 4 is 10.9 Å². The van der Waals surface area contributed by atoms with Crippen LogP contribution in [-0.2, 0) is 6.42 Å². The van der Waals surface area contributed by atoms with Crippen LogP contribution in [0.25, 0.3) is 10.9 Å². The SMILES string of the molecule is C[NH+]1C2CCC1CC([NH2+]CCc1c[nH]c3ccccc13)C2. The van der Waals surface area contributed by atoms with E-state index in [1.165, 1.54) is 55.1 Å². The molecule has 2 aromatic rings. The monoisotopic (exact) mass is 285 g/mol. The normalized spacial score (nSPS) is 31.9. The molecule has 2 saturated heterocycles. The molecule has 2 fully saturated rings. The van der Waals surface area contributed by atoms with Crippen LogP contribution >= 0.6 is 0 Å². The Morgan fingerprint density at radius 2 is 1.95 bits per heavy atom. The van der Waals surface area contributed by atoms with Crippen molar-refractivity contribution in [1.82, 2.24) is 4.98 Å². The fourth-order valence-corrected chi connectivity index (χ4v) is 4.63. The van der Waals surface area contributed by atoms with Crippen LogP contribution in [0.5, 0.6) is 0 Å². The largest absolute Gasteiger partial charge is 0.361 e. The number of fused-ring (bicyclic) bond motifs is 3. The van der Waals surface area contributed by atoms with Crippen LogP contribution in [0.2, 0.25) is 0 Å². The predicted molar refractivity (Wildman–Crippen MR) is 85.5 cm³/mol. The molecule has 3 heteroatoms. The van der Waals surface area contributed by atoms with Crippen LogP contribution < -0.4 is 10.2 Å². The number of quaternary nitrogens is 2. The van der Waals surface area contributed by atoms with E-state index >= 15 is 0 Å². The fourth-order valence-electron chi connectivity index (χ4n) is 4.63. The molecule has 1 aromatic heterocycles. The Morgan fingerprint density at radius 1 is 1.19 bits per heavy atom. The number of piperidine rings is 1. The van der Waals surface area contributed by atoms with Crippen molar-refractivity contribution in [2.45, 2.75) is 50.2 Å². The number of nitrogens with one attached hydrogen (secondary N) is 2. The summed E-state index contributed by atoms with van der Waals surface area (Å²) in [6.45, 7) is 1.23. The molecular weight excluding hydrogens is 258 g/mol. The first-order valence-electron chi connectivity index (χ1n) is 8.53. The zero-order valence-corrected chi connectivity index (χ0v) is 12.9. The molecule has 0 aliphatic carbocycles. The second-order valence-electron chi connectivity index (χ2n) is 7.08. The number of para-hydroxylation sites is 1. The number of hydrogen-bond acceptors (Lipinski definition) is 0. The second kappa shape index (κ2) is 5.47. The molecule has 0 radical (unpaired) electrons. The van der Waals surface area contributed by atoms with Gasteiger partial charge in [0.2, 0.25) is 0 Å². The first kappa shape index (κ1) is 13.4. The topological polar surface area (TPSA) is 36.8 Å². The number of aromatic amines is 1. The third-order valence-electron chi connectivity index (χ3n) is 5.91. The maximum atomic E-state index is 3.39. The number of aromatic nitrogens is 1. The van der Waals surface area contributed by atoms with E-state index in [1.54, 1.807) is 0 Å². The molecule has 2 unspecified atom stereocenters. The van der Waals surface area contributed by atoms with Crippen molar-refractivity contribution in [2.24, 2.45) is 0 Å². The Labute approximate surface area is 126 Å². The Bertz CT molecular complexity index is 604. The minimum absolute atomic E-state index is 0.872. The molecule has 21 heavy (non-hydrogen) atoms. The van der Waals surface area contributed by atoms with Gasteiger partial charge < -0.3 is 15.2 Å². The van der Waals surface area contributed by atoms with Gasteiger partial charge >= 0.3 is 0 Å². The van der Waals surface area contributed by atoms with Gasteiger partial charge in [-0.2, -0.15) is 0 Å². The number of rotatable bonds is 4. The molecule has 1 aromatic carbocycles. The molecule has 2 bridgehead atoms. The van der Waals surface area contributed by atoms with Gasteiger partial charge in [-0.15, -0.1) is 0 Å². The van der Waals surface area contributed by atoms with Gasteiger partial charge in [-0.05, 0) is 11.6 Å². The summed E-state index contributed by atoms with van der Waals surface area (Å²) in [5.41, 5.74) is 2.75. The van der Waals surface area contributed by atoms with Crippen LogP contribution in [0.4, 0.5) is 0 Å². The molecule has 0 amide bonds. The van der Waals surface area contributed by atoms with Crippen LogP contribution in [0, 0.1) is 0 Å². The third-order valence-corrected chi connectivity index (χ3v) is 5.91. The first-order valence-corrected chi connectivity index (χ1v) is 8.53. The second-order valence-corrected chi connectivity index (χ2v) is 7.08. The minimum atomic E-state index is 0.872. The molecule has 2 aliphatic heterocycles. The zero-order valence-electron chi connectivity index (χ0n) is 12.9. The highest BCUT2D eigenvalue weighted by atomic mass is 15.2. The van der Waals surface area contributed by atoms with E-state index in [-0.39, 0.29) is 0 Å². The van der Waals surface area contributed by atoms with Gasteiger partial charge in [0.15, 0.2) is 0 Å². The first-order chi connectivity index (χ1) is 10.3. The van der Waals surface area contributed by atoms with Crippen molar-refractivity contribution in [3.8, 4) is 0 Å². The zero-order chi connectivity index (χ0) is 14.2. The van der Waals surface area contributed by atoms with Gasteiger partial charge in [0.25, 0.3) is 0 Å². The number of nitrogens with two attached hydrogens (primary N) is 1. The molecule has 0 saturated carbocycles. The summed E-state index contributed by atoms with van der Waals surface area (Å²) in [6, 6.07) is 11.4. The van der Waals surface area contributed by atoms with E-state index in [4.69, 9.17) is 0 Å². The number of hydrogen-bond donors (Lipinski definition) is 3. The molecular formula is C18H27N3+2. The summed E-state index contributed by atoms with van der Waals surface area (Å²) >= 11 is 0. The van der Waals surface area contributed by atoms with E-state index in [0.29, 0.717) is 0 Å². The lowest BCUT2D eigenvalue weighted by molar-refractivity contribution is -0.930. The lowest BCUT2D eigenvalue weighted by Gasteiger charge is -2.32. The van der Waals surface area contributed by atoms with Crippen LogP contribution in [0.1, 0.15) is 31.2 Å².